The first-order chi connectivity index (χ1) is 13.7. The van der Waals surface area contributed by atoms with Gasteiger partial charge in [0.2, 0.25) is 11.8 Å². The molecule has 1 aromatic rings. The van der Waals surface area contributed by atoms with Gasteiger partial charge in [-0.3, -0.25) is 9.59 Å². The van der Waals surface area contributed by atoms with E-state index in [2.05, 4.69) is 0 Å². The number of benzene rings is 1. The summed E-state index contributed by atoms with van der Waals surface area (Å²) in [5, 5.41) is 8.94. The monoisotopic (exact) mass is 410 g/mol. The number of amides is 2. The fourth-order valence-electron chi connectivity index (χ4n) is 3.76. The lowest BCUT2D eigenvalue weighted by molar-refractivity contribution is -0.145. The van der Waals surface area contributed by atoms with Gasteiger partial charge in [0.15, 0.2) is 0 Å². The molecule has 2 N–H and O–H groups in total. The second-order valence-corrected chi connectivity index (χ2v) is 7.12. The van der Waals surface area contributed by atoms with Crippen LogP contribution in [0.1, 0.15) is 24.0 Å². The minimum absolute atomic E-state index is 0.00646. The van der Waals surface area contributed by atoms with E-state index in [1.54, 1.807) is 11.0 Å². The van der Waals surface area contributed by atoms with Gasteiger partial charge in [0.05, 0.1) is 17.2 Å². The van der Waals surface area contributed by atoms with E-state index in [0.29, 0.717) is 26.1 Å². The number of nitrogens with two attached hydrogens (primary N) is 1. The Morgan fingerprint density at radius 1 is 1.21 bits per heavy atom. The van der Waals surface area contributed by atoms with Crippen molar-refractivity contribution in [3.05, 3.63) is 29.3 Å². The Morgan fingerprint density at radius 2 is 1.90 bits per heavy atom. The van der Waals surface area contributed by atoms with E-state index in [-0.39, 0.29) is 37.1 Å². The van der Waals surface area contributed by atoms with Crippen molar-refractivity contribution in [2.24, 2.45) is 11.7 Å². The van der Waals surface area contributed by atoms with Gasteiger partial charge in [0, 0.05) is 44.5 Å². The Kier molecular flexibility index (Phi) is 5.98. The molecule has 2 saturated heterocycles. The molecule has 3 rings (SSSR count). The van der Waals surface area contributed by atoms with E-state index in [9.17, 15) is 22.8 Å². The summed E-state index contributed by atoms with van der Waals surface area (Å²) in [5.74, 6) is -1.13. The Bertz CT molecular complexity index is 831. The number of halogens is 3. The minimum atomic E-state index is -4.68. The highest BCUT2D eigenvalue weighted by Crippen LogP contribution is 2.35. The molecule has 0 radical (unpaired) electrons. The van der Waals surface area contributed by atoms with Crippen LogP contribution in [0, 0.1) is 17.2 Å². The van der Waals surface area contributed by atoms with Crippen LogP contribution in [0.3, 0.4) is 0 Å². The molecule has 29 heavy (non-hydrogen) atoms. The van der Waals surface area contributed by atoms with Crippen LogP contribution in [-0.2, 0) is 20.5 Å². The Morgan fingerprint density at radius 3 is 2.48 bits per heavy atom. The SMILES string of the molecule is N#Cc1ccc(N2CCN(C(=O)C3CCOCC3)C(C(N)=O)C2)cc1C(F)(F)F. The van der Waals surface area contributed by atoms with Gasteiger partial charge in [-0.15, -0.1) is 0 Å². The number of carbonyl (C=O) groups excluding carboxylic acids is 2. The first kappa shape index (κ1) is 20.9. The van der Waals surface area contributed by atoms with E-state index < -0.39 is 29.3 Å². The lowest BCUT2D eigenvalue weighted by Crippen LogP contribution is -2.61. The van der Waals surface area contributed by atoms with Crippen molar-refractivity contribution >= 4 is 17.5 Å². The number of rotatable bonds is 3. The molecule has 1 unspecified atom stereocenters. The maximum absolute atomic E-state index is 13.3. The van der Waals surface area contributed by atoms with Crippen molar-refractivity contribution in [3.63, 3.8) is 0 Å². The summed E-state index contributed by atoms with van der Waals surface area (Å²) < 4.78 is 45.0. The topological polar surface area (TPSA) is 99.7 Å². The molecule has 1 atom stereocenters. The van der Waals surface area contributed by atoms with Crippen molar-refractivity contribution in [1.29, 1.82) is 5.26 Å². The van der Waals surface area contributed by atoms with E-state index in [1.165, 1.54) is 11.0 Å². The van der Waals surface area contributed by atoms with Gasteiger partial charge in [-0.05, 0) is 31.0 Å². The zero-order valence-electron chi connectivity index (χ0n) is 15.6. The van der Waals surface area contributed by atoms with E-state index in [4.69, 9.17) is 15.7 Å². The largest absolute Gasteiger partial charge is 0.417 e. The molecule has 2 heterocycles. The summed E-state index contributed by atoms with van der Waals surface area (Å²) in [7, 11) is 0. The van der Waals surface area contributed by atoms with E-state index in [0.717, 1.165) is 12.1 Å². The molecule has 1 aromatic carbocycles. The number of piperazine rings is 1. The molecule has 2 amide bonds. The highest BCUT2D eigenvalue weighted by atomic mass is 19.4. The molecule has 2 aliphatic heterocycles. The molecular weight excluding hydrogens is 389 g/mol. The molecule has 0 aromatic heterocycles. The predicted molar refractivity (Wildman–Crippen MR) is 96.6 cm³/mol. The van der Waals surface area contributed by atoms with Crippen molar-refractivity contribution in [3.8, 4) is 6.07 Å². The molecule has 10 heteroatoms. The summed E-state index contributed by atoms with van der Waals surface area (Å²) in [6, 6.07) is 4.01. The van der Waals surface area contributed by atoms with Crippen LogP contribution in [-0.4, -0.2) is 55.6 Å². The fourth-order valence-corrected chi connectivity index (χ4v) is 3.76. The maximum Gasteiger partial charge on any atom is 0.417 e. The minimum Gasteiger partial charge on any atom is -0.381 e. The van der Waals surface area contributed by atoms with Crippen molar-refractivity contribution in [2.75, 3.05) is 37.7 Å². The summed E-state index contributed by atoms with van der Waals surface area (Å²) in [4.78, 5) is 27.9. The summed E-state index contributed by atoms with van der Waals surface area (Å²) in [6.45, 7) is 1.37. The van der Waals surface area contributed by atoms with Crippen LogP contribution in [0.5, 0.6) is 0 Å². The quantitative estimate of drug-likeness (QED) is 0.814. The predicted octanol–water partition coefficient (Wildman–Crippen LogP) is 1.51. The first-order valence-corrected chi connectivity index (χ1v) is 9.26. The third kappa shape index (κ3) is 4.45. The third-order valence-electron chi connectivity index (χ3n) is 5.36. The smallest absolute Gasteiger partial charge is 0.381 e. The molecule has 7 nitrogen and oxygen atoms in total. The number of hydrogen-bond acceptors (Lipinski definition) is 5. The highest BCUT2D eigenvalue weighted by Gasteiger charge is 2.39. The highest BCUT2D eigenvalue weighted by molar-refractivity contribution is 5.88. The molecule has 2 fully saturated rings. The molecule has 0 saturated carbocycles. The second-order valence-electron chi connectivity index (χ2n) is 7.12. The van der Waals surface area contributed by atoms with Gasteiger partial charge >= 0.3 is 6.18 Å². The van der Waals surface area contributed by atoms with Gasteiger partial charge in [-0.1, -0.05) is 0 Å². The Balaban J connectivity index is 1.82. The van der Waals surface area contributed by atoms with Crippen LogP contribution in [0.15, 0.2) is 18.2 Å². The number of alkyl halides is 3. The molecular formula is C19H21F3N4O3. The van der Waals surface area contributed by atoms with Crippen LogP contribution < -0.4 is 10.6 Å². The van der Waals surface area contributed by atoms with Gasteiger partial charge < -0.3 is 20.3 Å². The number of anilines is 1. The first-order valence-electron chi connectivity index (χ1n) is 9.26. The summed E-state index contributed by atoms with van der Waals surface area (Å²) in [6.07, 6.45) is -3.55. The van der Waals surface area contributed by atoms with Gasteiger partial charge in [-0.2, -0.15) is 18.4 Å². The van der Waals surface area contributed by atoms with Gasteiger partial charge in [0.25, 0.3) is 0 Å². The van der Waals surface area contributed by atoms with Crippen LogP contribution in [0.25, 0.3) is 0 Å². The standard InChI is InChI=1S/C19H21F3N4O3/c20-19(21,22)15-9-14(2-1-13(15)10-23)25-5-6-26(16(11-25)17(24)27)18(28)12-3-7-29-8-4-12/h1-2,9,12,16H,3-8,11H2,(H2,24,27). The van der Waals surface area contributed by atoms with E-state index in [1.807, 2.05) is 0 Å². The molecule has 2 aliphatic rings. The van der Waals surface area contributed by atoms with Crippen molar-refractivity contribution in [2.45, 2.75) is 25.1 Å². The molecule has 0 aliphatic carbocycles. The number of nitrogens with zero attached hydrogens (tertiary/aromatic N) is 3. The Labute approximate surface area is 165 Å². The zero-order valence-corrected chi connectivity index (χ0v) is 15.6. The number of nitriles is 1. The lowest BCUT2D eigenvalue weighted by Gasteiger charge is -2.42. The van der Waals surface area contributed by atoms with Crippen LogP contribution in [0.4, 0.5) is 18.9 Å². The van der Waals surface area contributed by atoms with Crippen molar-refractivity contribution in [1.82, 2.24) is 4.90 Å². The average Bonchev–Trinajstić information content (AvgIpc) is 2.72. The molecule has 156 valence electrons. The van der Waals surface area contributed by atoms with Gasteiger partial charge in [-0.25, -0.2) is 0 Å². The Hall–Kier alpha value is -2.80. The van der Waals surface area contributed by atoms with Crippen molar-refractivity contribution < 1.29 is 27.5 Å². The molecule has 0 bridgehead atoms. The molecule has 0 spiro atoms. The third-order valence-corrected chi connectivity index (χ3v) is 5.36. The van der Waals surface area contributed by atoms with Gasteiger partial charge in [0.1, 0.15) is 6.04 Å². The zero-order chi connectivity index (χ0) is 21.2. The summed E-state index contributed by atoms with van der Waals surface area (Å²) >= 11 is 0. The summed E-state index contributed by atoms with van der Waals surface area (Å²) in [5.41, 5.74) is 4.22. The normalized spacial score (nSPS) is 21.0. The number of hydrogen-bond donors (Lipinski definition) is 1. The second kappa shape index (κ2) is 8.29. The lowest BCUT2D eigenvalue weighted by atomic mass is 9.96. The van der Waals surface area contributed by atoms with Crippen LogP contribution in [0.2, 0.25) is 0 Å². The number of carbonyl (C=O) groups is 2. The number of ether oxygens (including phenoxy) is 1. The van der Waals surface area contributed by atoms with Crippen LogP contribution >= 0.6 is 0 Å². The maximum atomic E-state index is 13.3. The van der Waals surface area contributed by atoms with E-state index >= 15 is 0 Å². The fraction of sp³-hybridized carbons (Fsp3) is 0.526. The number of primary amides is 1. The average molecular weight is 410 g/mol.